The molecule has 0 atom stereocenters. The number of rotatable bonds is 5. The minimum atomic E-state index is -4.61. The molecule has 1 heterocycles. The lowest BCUT2D eigenvalue weighted by Gasteiger charge is -2.12. The number of nitrogens with one attached hydrogen (secondary N) is 2. The van der Waals surface area contributed by atoms with Gasteiger partial charge in [0.1, 0.15) is 5.69 Å². The van der Waals surface area contributed by atoms with E-state index >= 15 is 0 Å². The topological polar surface area (TPSA) is 66.9 Å². The van der Waals surface area contributed by atoms with Crippen LogP contribution in [0.4, 0.5) is 24.8 Å². The zero-order valence-electron chi connectivity index (χ0n) is 13.5. The van der Waals surface area contributed by atoms with Crippen LogP contribution in [0.5, 0.6) is 0 Å². The van der Waals surface area contributed by atoms with E-state index in [0.29, 0.717) is 12.5 Å². The average molecular weight is 373 g/mol. The smallest absolute Gasteiger partial charge is 0.354 e. The third-order valence-electron chi connectivity index (χ3n) is 3.09. The van der Waals surface area contributed by atoms with Crippen LogP contribution in [0.3, 0.4) is 0 Å². The Morgan fingerprint density at radius 3 is 2.64 bits per heavy atom. The van der Waals surface area contributed by atoms with Crippen molar-refractivity contribution in [2.45, 2.75) is 20.0 Å². The SMILES string of the molecule is CC(C)CNc1nccc(C(=O)Nc2ccc(Cl)c(C(F)(F)F)c2)n1. The number of nitrogens with zero attached hydrogens (tertiary/aromatic N) is 2. The number of aromatic nitrogens is 2. The van der Waals surface area contributed by atoms with Crippen LogP contribution < -0.4 is 10.6 Å². The molecule has 1 aromatic carbocycles. The summed E-state index contributed by atoms with van der Waals surface area (Å²) in [5, 5.41) is 4.91. The Bertz CT molecular complexity index is 765. The Balaban J connectivity index is 2.16. The van der Waals surface area contributed by atoms with Crippen LogP contribution in [0.15, 0.2) is 30.5 Å². The first-order valence-electron chi connectivity index (χ1n) is 7.42. The fourth-order valence-electron chi connectivity index (χ4n) is 1.88. The summed E-state index contributed by atoms with van der Waals surface area (Å²) in [6, 6.07) is 4.51. The summed E-state index contributed by atoms with van der Waals surface area (Å²) >= 11 is 5.55. The Labute approximate surface area is 147 Å². The molecule has 0 unspecified atom stereocenters. The molecule has 25 heavy (non-hydrogen) atoms. The van der Waals surface area contributed by atoms with Crippen molar-refractivity contribution in [1.29, 1.82) is 0 Å². The summed E-state index contributed by atoms with van der Waals surface area (Å²) in [4.78, 5) is 20.2. The van der Waals surface area contributed by atoms with Gasteiger partial charge in [0.15, 0.2) is 0 Å². The second kappa shape index (κ2) is 7.69. The molecule has 0 aliphatic heterocycles. The van der Waals surface area contributed by atoms with Gasteiger partial charge < -0.3 is 10.6 Å². The lowest BCUT2D eigenvalue weighted by Crippen LogP contribution is -2.17. The summed E-state index contributed by atoms with van der Waals surface area (Å²) in [7, 11) is 0. The van der Waals surface area contributed by atoms with Crippen molar-refractivity contribution in [3.05, 3.63) is 46.7 Å². The van der Waals surface area contributed by atoms with Gasteiger partial charge in [0.05, 0.1) is 10.6 Å². The third kappa shape index (κ3) is 5.32. The Hall–Kier alpha value is -2.35. The highest BCUT2D eigenvalue weighted by atomic mass is 35.5. The van der Waals surface area contributed by atoms with E-state index in [1.54, 1.807) is 0 Å². The molecule has 0 spiro atoms. The van der Waals surface area contributed by atoms with Crippen LogP contribution in [-0.2, 0) is 6.18 Å². The molecule has 0 bridgehead atoms. The molecule has 5 nitrogen and oxygen atoms in total. The minimum absolute atomic E-state index is 0.0305. The molecule has 0 fully saturated rings. The van der Waals surface area contributed by atoms with E-state index in [-0.39, 0.29) is 17.3 Å². The molecule has 2 aromatic rings. The van der Waals surface area contributed by atoms with Gasteiger partial charge in [-0.15, -0.1) is 0 Å². The monoisotopic (exact) mass is 372 g/mol. The minimum Gasteiger partial charge on any atom is -0.354 e. The largest absolute Gasteiger partial charge is 0.417 e. The highest BCUT2D eigenvalue weighted by Gasteiger charge is 2.33. The Kier molecular flexibility index (Phi) is 5.84. The fourth-order valence-corrected chi connectivity index (χ4v) is 2.11. The first-order valence-corrected chi connectivity index (χ1v) is 7.79. The van der Waals surface area contributed by atoms with E-state index in [1.807, 2.05) is 13.8 Å². The first kappa shape index (κ1) is 19.0. The van der Waals surface area contributed by atoms with E-state index in [1.165, 1.54) is 18.3 Å². The lowest BCUT2D eigenvalue weighted by molar-refractivity contribution is -0.137. The van der Waals surface area contributed by atoms with Crippen LogP contribution in [0.2, 0.25) is 5.02 Å². The molecule has 134 valence electrons. The molecular formula is C16H16ClF3N4O. The predicted octanol–water partition coefficient (Wildman–Crippen LogP) is 4.47. The number of anilines is 2. The molecule has 0 aliphatic carbocycles. The zero-order chi connectivity index (χ0) is 18.6. The number of hydrogen-bond acceptors (Lipinski definition) is 4. The van der Waals surface area contributed by atoms with Crippen LogP contribution in [0.1, 0.15) is 29.9 Å². The van der Waals surface area contributed by atoms with E-state index in [2.05, 4.69) is 20.6 Å². The van der Waals surface area contributed by atoms with Crippen molar-refractivity contribution < 1.29 is 18.0 Å². The van der Waals surface area contributed by atoms with Crippen molar-refractivity contribution in [2.24, 2.45) is 5.92 Å². The first-order chi connectivity index (χ1) is 11.7. The highest BCUT2D eigenvalue weighted by molar-refractivity contribution is 6.31. The molecule has 0 radical (unpaired) electrons. The second-order valence-corrected chi connectivity index (χ2v) is 6.09. The van der Waals surface area contributed by atoms with E-state index in [4.69, 9.17) is 11.6 Å². The summed E-state index contributed by atoms with van der Waals surface area (Å²) in [5.74, 6) is -0.0187. The van der Waals surface area contributed by atoms with Crippen LogP contribution in [0, 0.1) is 5.92 Å². The summed E-state index contributed by atoms with van der Waals surface area (Å²) in [6.45, 7) is 4.63. The number of benzene rings is 1. The highest BCUT2D eigenvalue weighted by Crippen LogP contribution is 2.36. The summed E-state index contributed by atoms with van der Waals surface area (Å²) in [5.41, 5.74) is -1.02. The van der Waals surface area contributed by atoms with Gasteiger partial charge in [0, 0.05) is 18.4 Å². The predicted molar refractivity (Wildman–Crippen MR) is 89.8 cm³/mol. The maximum Gasteiger partial charge on any atom is 0.417 e. The van der Waals surface area contributed by atoms with Gasteiger partial charge in [-0.1, -0.05) is 25.4 Å². The van der Waals surface area contributed by atoms with E-state index < -0.39 is 22.7 Å². The maximum absolute atomic E-state index is 12.9. The number of carbonyl (C=O) groups excluding carboxylic acids is 1. The number of halogens is 4. The summed E-state index contributed by atoms with van der Waals surface area (Å²) < 4.78 is 38.6. The van der Waals surface area contributed by atoms with Gasteiger partial charge in [-0.2, -0.15) is 13.2 Å². The van der Waals surface area contributed by atoms with Crippen LogP contribution in [-0.4, -0.2) is 22.4 Å². The van der Waals surface area contributed by atoms with E-state index in [0.717, 1.165) is 12.1 Å². The van der Waals surface area contributed by atoms with Crippen molar-refractivity contribution in [3.63, 3.8) is 0 Å². The lowest BCUT2D eigenvalue weighted by atomic mass is 10.2. The molecule has 2 rings (SSSR count). The van der Waals surface area contributed by atoms with Crippen LogP contribution >= 0.6 is 11.6 Å². The molecule has 2 N–H and O–H groups in total. The molecular weight excluding hydrogens is 357 g/mol. The number of hydrogen-bond donors (Lipinski definition) is 2. The number of alkyl halides is 3. The average Bonchev–Trinajstić information content (AvgIpc) is 2.54. The molecule has 1 aromatic heterocycles. The standard InChI is InChI=1S/C16H16ClF3N4O/c1-9(2)8-22-15-21-6-5-13(24-15)14(25)23-10-3-4-12(17)11(7-10)16(18,19)20/h3-7,9H,8H2,1-2H3,(H,23,25)(H,21,22,24). The molecule has 1 amide bonds. The second-order valence-electron chi connectivity index (χ2n) is 5.69. The summed E-state index contributed by atoms with van der Waals surface area (Å²) in [6.07, 6.45) is -3.21. The van der Waals surface area contributed by atoms with Gasteiger partial charge in [0.2, 0.25) is 5.95 Å². The third-order valence-corrected chi connectivity index (χ3v) is 3.42. The van der Waals surface area contributed by atoms with Gasteiger partial charge in [-0.05, 0) is 30.2 Å². The number of carbonyl (C=O) groups is 1. The Morgan fingerprint density at radius 1 is 1.28 bits per heavy atom. The van der Waals surface area contributed by atoms with Crippen molar-refractivity contribution >= 4 is 29.1 Å². The van der Waals surface area contributed by atoms with Gasteiger partial charge >= 0.3 is 6.18 Å². The number of amides is 1. The van der Waals surface area contributed by atoms with Crippen LogP contribution in [0.25, 0.3) is 0 Å². The molecule has 0 aliphatic rings. The van der Waals surface area contributed by atoms with Crippen molar-refractivity contribution in [1.82, 2.24) is 9.97 Å². The normalized spacial score (nSPS) is 11.5. The maximum atomic E-state index is 12.9. The quantitative estimate of drug-likeness (QED) is 0.812. The van der Waals surface area contributed by atoms with Gasteiger partial charge in [0.25, 0.3) is 5.91 Å². The van der Waals surface area contributed by atoms with Gasteiger partial charge in [-0.3, -0.25) is 4.79 Å². The zero-order valence-corrected chi connectivity index (χ0v) is 14.2. The Morgan fingerprint density at radius 2 is 2.00 bits per heavy atom. The van der Waals surface area contributed by atoms with Crippen molar-refractivity contribution in [2.75, 3.05) is 17.2 Å². The van der Waals surface area contributed by atoms with Crippen molar-refractivity contribution in [3.8, 4) is 0 Å². The molecule has 9 heteroatoms. The molecule has 0 saturated carbocycles. The van der Waals surface area contributed by atoms with E-state index in [9.17, 15) is 18.0 Å². The van der Waals surface area contributed by atoms with Gasteiger partial charge in [-0.25, -0.2) is 9.97 Å². The molecule has 0 saturated heterocycles. The fraction of sp³-hybridized carbons (Fsp3) is 0.312.